The van der Waals surface area contributed by atoms with Crippen LogP contribution in [-0.2, 0) is 9.53 Å². The highest BCUT2D eigenvalue weighted by molar-refractivity contribution is 5.78. The Balaban J connectivity index is 2.12. The van der Waals surface area contributed by atoms with Gasteiger partial charge in [-0.1, -0.05) is 0 Å². The van der Waals surface area contributed by atoms with E-state index in [0.29, 0.717) is 13.1 Å². The molecule has 0 saturated carbocycles. The average molecular weight is 250 g/mol. The zero-order valence-electron chi connectivity index (χ0n) is 10.0. The molecule has 0 radical (unpaired) electrons. The van der Waals surface area contributed by atoms with Gasteiger partial charge in [0.05, 0.1) is 11.5 Å². The molecule has 96 valence electrons. The Morgan fingerprint density at radius 2 is 2.11 bits per heavy atom. The lowest BCUT2D eigenvalue weighted by atomic mass is 10.1. The summed E-state index contributed by atoms with van der Waals surface area (Å²) < 4.78 is 5.45. The number of nitro groups is 1. The van der Waals surface area contributed by atoms with Gasteiger partial charge in [0.2, 0.25) is 5.91 Å². The van der Waals surface area contributed by atoms with E-state index in [0.717, 1.165) is 5.56 Å². The fraction of sp³-hybridized carbons (Fsp3) is 0.417. The molecular weight excluding hydrogens is 236 g/mol. The maximum absolute atomic E-state index is 11.5. The summed E-state index contributed by atoms with van der Waals surface area (Å²) in [5.74, 6) is -0.0179. The van der Waals surface area contributed by atoms with Crippen LogP contribution in [0.15, 0.2) is 24.3 Å². The molecule has 1 aliphatic rings. The fourth-order valence-electron chi connectivity index (χ4n) is 1.94. The summed E-state index contributed by atoms with van der Waals surface area (Å²) in [6.07, 6.45) is -0.205. The maximum atomic E-state index is 11.5. The van der Waals surface area contributed by atoms with Crippen molar-refractivity contribution in [1.29, 1.82) is 0 Å². The molecule has 1 amide bonds. The SMILES string of the molecule is CCN1CC(c2ccc([N+](=O)[O-])cc2)OCC1=O. The van der Waals surface area contributed by atoms with Crippen LogP contribution in [0.25, 0.3) is 0 Å². The summed E-state index contributed by atoms with van der Waals surface area (Å²) in [6, 6.07) is 6.25. The predicted octanol–water partition coefficient (Wildman–Crippen LogP) is 1.51. The first-order chi connectivity index (χ1) is 8.61. The Bertz CT molecular complexity index is 458. The summed E-state index contributed by atoms with van der Waals surface area (Å²) in [4.78, 5) is 23.3. The van der Waals surface area contributed by atoms with Gasteiger partial charge in [0.25, 0.3) is 5.69 Å². The third-order valence-electron chi connectivity index (χ3n) is 3.00. The van der Waals surface area contributed by atoms with E-state index in [2.05, 4.69) is 0 Å². The van der Waals surface area contributed by atoms with Crippen molar-refractivity contribution in [2.45, 2.75) is 13.0 Å². The molecule has 18 heavy (non-hydrogen) atoms. The van der Waals surface area contributed by atoms with Crippen molar-refractivity contribution in [3.8, 4) is 0 Å². The predicted molar refractivity (Wildman–Crippen MR) is 64.0 cm³/mol. The Morgan fingerprint density at radius 1 is 1.44 bits per heavy atom. The van der Waals surface area contributed by atoms with Crippen LogP contribution < -0.4 is 0 Å². The highest BCUT2D eigenvalue weighted by Crippen LogP contribution is 2.24. The molecule has 1 heterocycles. The minimum absolute atomic E-state index is 0.0179. The number of ether oxygens (including phenoxy) is 1. The zero-order valence-corrected chi connectivity index (χ0v) is 10.0. The van der Waals surface area contributed by atoms with Crippen molar-refractivity contribution in [3.63, 3.8) is 0 Å². The number of nitrogens with zero attached hydrogens (tertiary/aromatic N) is 2. The smallest absolute Gasteiger partial charge is 0.269 e. The molecule has 1 fully saturated rings. The lowest BCUT2D eigenvalue weighted by Crippen LogP contribution is -2.42. The standard InChI is InChI=1S/C12H14N2O4/c1-2-13-7-11(18-8-12(13)15)9-3-5-10(6-4-9)14(16)17/h3-6,11H,2,7-8H2,1H3. The fourth-order valence-corrected chi connectivity index (χ4v) is 1.94. The summed E-state index contributed by atoms with van der Waals surface area (Å²) in [6.45, 7) is 3.12. The first-order valence-electron chi connectivity index (χ1n) is 5.75. The van der Waals surface area contributed by atoms with Gasteiger partial charge in [-0.15, -0.1) is 0 Å². The molecule has 2 rings (SSSR count). The largest absolute Gasteiger partial charge is 0.362 e. The average Bonchev–Trinajstić information content (AvgIpc) is 2.39. The van der Waals surface area contributed by atoms with Gasteiger partial charge in [0.1, 0.15) is 12.7 Å². The molecule has 0 spiro atoms. The second kappa shape index (κ2) is 5.14. The van der Waals surface area contributed by atoms with Gasteiger partial charge in [0.15, 0.2) is 0 Å². The summed E-state index contributed by atoms with van der Waals surface area (Å²) in [5.41, 5.74) is 0.907. The van der Waals surface area contributed by atoms with E-state index in [9.17, 15) is 14.9 Å². The maximum Gasteiger partial charge on any atom is 0.269 e. The molecule has 6 nitrogen and oxygen atoms in total. The van der Waals surface area contributed by atoms with Crippen molar-refractivity contribution in [2.24, 2.45) is 0 Å². The molecule has 1 aliphatic heterocycles. The van der Waals surface area contributed by atoms with Gasteiger partial charge < -0.3 is 9.64 Å². The van der Waals surface area contributed by atoms with Gasteiger partial charge in [-0.2, -0.15) is 0 Å². The van der Waals surface area contributed by atoms with Crippen LogP contribution in [0.2, 0.25) is 0 Å². The van der Waals surface area contributed by atoms with Crippen molar-refractivity contribution in [2.75, 3.05) is 19.7 Å². The molecule has 6 heteroatoms. The van der Waals surface area contributed by atoms with Crippen LogP contribution in [0.3, 0.4) is 0 Å². The van der Waals surface area contributed by atoms with E-state index in [-0.39, 0.29) is 24.3 Å². The van der Waals surface area contributed by atoms with E-state index >= 15 is 0 Å². The Kier molecular flexibility index (Phi) is 3.57. The highest BCUT2D eigenvalue weighted by Gasteiger charge is 2.26. The topological polar surface area (TPSA) is 72.7 Å². The number of rotatable bonds is 3. The van der Waals surface area contributed by atoms with Gasteiger partial charge in [-0.25, -0.2) is 0 Å². The van der Waals surface area contributed by atoms with Crippen molar-refractivity contribution >= 4 is 11.6 Å². The minimum Gasteiger partial charge on any atom is -0.362 e. The minimum atomic E-state index is -0.437. The van der Waals surface area contributed by atoms with Crippen molar-refractivity contribution in [1.82, 2.24) is 4.90 Å². The number of hydrogen-bond acceptors (Lipinski definition) is 4. The van der Waals surface area contributed by atoms with Gasteiger partial charge in [-0.3, -0.25) is 14.9 Å². The Labute approximate surface area is 104 Å². The second-order valence-electron chi connectivity index (χ2n) is 4.08. The van der Waals surface area contributed by atoms with E-state index in [1.165, 1.54) is 12.1 Å². The number of hydrogen-bond donors (Lipinski definition) is 0. The first kappa shape index (κ1) is 12.5. The molecule has 1 saturated heterocycles. The van der Waals surface area contributed by atoms with Crippen LogP contribution >= 0.6 is 0 Å². The quantitative estimate of drug-likeness (QED) is 0.602. The third kappa shape index (κ3) is 2.48. The van der Waals surface area contributed by atoms with Gasteiger partial charge >= 0.3 is 0 Å². The number of likely N-dealkylation sites (N-methyl/N-ethyl adjacent to an activating group) is 1. The molecule has 0 bridgehead atoms. The highest BCUT2D eigenvalue weighted by atomic mass is 16.6. The van der Waals surface area contributed by atoms with Crippen molar-refractivity contribution in [3.05, 3.63) is 39.9 Å². The Morgan fingerprint density at radius 3 is 2.67 bits per heavy atom. The lowest BCUT2D eigenvalue weighted by molar-refractivity contribution is -0.384. The number of carbonyl (C=O) groups excluding carboxylic acids is 1. The first-order valence-corrected chi connectivity index (χ1v) is 5.75. The normalized spacial score (nSPS) is 19.9. The van der Waals surface area contributed by atoms with Gasteiger partial charge in [-0.05, 0) is 24.6 Å². The second-order valence-corrected chi connectivity index (χ2v) is 4.08. The number of amides is 1. The monoisotopic (exact) mass is 250 g/mol. The van der Waals surface area contributed by atoms with Crippen molar-refractivity contribution < 1.29 is 14.5 Å². The van der Waals surface area contributed by atoms with Crippen LogP contribution in [0.5, 0.6) is 0 Å². The van der Waals surface area contributed by atoms with Gasteiger partial charge in [0, 0.05) is 18.7 Å². The number of non-ortho nitro benzene ring substituents is 1. The molecule has 0 aromatic heterocycles. The van der Waals surface area contributed by atoms with E-state index in [4.69, 9.17) is 4.74 Å². The molecule has 1 aromatic rings. The molecule has 0 N–H and O–H groups in total. The van der Waals surface area contributed by atoms with Crippen LogP contribution in [0.4, 0.5) is 5.69 Å². The molecule has 1 aromatic carbocycles. The van der Waals surface area contributed by atoms with E-state index in [1.807, 2.05) is 6.92 Å². The summed E-state index contributed by atoms with van der Waals surface area (Å²) in [7, 11) is 0. The van der Waals surface area contributed by atoms with Crippen LogP contribution in [0, 0.1) is 10.1 Å². The number of nitro benzene ring substituents is 1. The summed E-state index contributed by atoms with van der Waals surface area (Å²) >= 11 is 0. The third-order valence-corrected chi connectivity index (χ3v) is 3.00. The lowest BCUT2D eigenvalue weighted by Gasteiger charge is -2.32. The van der Waals surface area contributed by atoms with E-state index in [1.54, 1.807) is 17.0 Å². The molecule has 1 unspecified atom stereocenters. The zero-order chi connectivity index (χ0) is 13.1. The number of carbonyl (C=O) groups is 1. The molecular formula is C12H14N2O4. The van der Waals surface area contributed by atoms with Crippen LogP contribution in [-0.4, -0.2) is 35.4 Å². The summed E-state index contributed by atoms with van der Waals surface area (Å²) in [5, 5.41) is 10.6. The van der Waals surface area contributed by atoms with E-state index < -0.39 is 4.92 Å². The number of benzene rings is 1. The van der Waals surface area contributed by atoms with Crippen LogP contribution in [0.1, 0.15) is 18.6 Å². The molecule has 0 aliphatic carbocycles. The molecule has 1 atom stereocenters. The Hall–Kier alpha value is -1.95. The number of morpholine rings is 1.